The molecule has 0 fully saturated rings. The van der Waals surface area contributed by atoms with Crippen molar-refractivity contribution < 1.29 is 24.0 Å². The Hall–Kier alpha value is 0.260. The molecule has 0 amide bonds. The molecule has 72 valence electrons. The van der Waals surface area contributed by atoms with Crippen LogP contribution in [-0.2, 0) is 0 Å². The molecule has 1 aliphatic rings. The van der Waals surface area contributed by atoms with Gasteiger partial charge in [-0.15, -0.1) is 11.8 Å². The topological polar surface area (TPSA) is 0 Å². The Bertz CT molecular complexity index is 299. The predicted octanol–water partition coefficient (Wildman–Crippen LogP) is -0.637. The monoisotopic (exact) mass is 307 g/mol. The molecule has 1 aromatic rings. The second-order valence-electron chi connectivity index (χ2n) is 3.72. The molecule has 0 N–H and O–H groups in total. The first kappa shape index (κ1) is 11.3. The van der Waals surface area contributed by atoms with Gasteiger partial charge in [-0.3, -0.25) is 4.48 Å². The van der Waals surface area contributed by atoms with Gasteiger partial charge in [0.1, 0.15) is 5.69 Å². The Morgan fingerprint density at radius 2 is 1.92 bits per heavy atom. The van der Waals surface area contributed by atoms with Crippen molar-refractivity contribution >= 4 is 17.4 Å². The molecule has 1 aromatic carbocycles. The Labute approximate surface area is 101 Å². The summed E-state index contributed by atoms with van der Waals surface area (Å²) >= 11 is 1.98. The number of fused-ring (bicyclic) bond motifs is 1. The van der Waals surface area contributed by atoms with Gasteiger partial charge < -0.3 is 24.0 Å². The van der Waals surface area contributed by atoms with Crippen LogP contribution in [0.2, 0.25) is 0 Å². The van der Waals surface area contributed by atoms with Crippen molar-refractivity contribution in [1.82, 2.24) is 4.48 Å². The summed E-state index contributed by atoms with van der Waals surface area (Å²) in [5.74, 6) is 1.24. The summed E-state index contributed by atoms with van der Waals surface area (Å²) in [5.41, 5.74) is 1.47. The fourth-order valence-electron chi connectivity index (χ4n) is 1.58. The second kappa shape index (κ2) is 4.19. The molecule has 0 saturated heterocycles. The molecule has 1 aliphatic heterocycles. The van der Waals surface area contributed by atoms with Crippen LogP contribution in [0.3, 0.4) is 0 Å². The third kappa shape index (κ3) is 2.19. The zero-order valence-corrected chi connectivity index (χ0v) is 10.9. The number of nitrogens with zero attached hydrogens (tertiary/aromatic N) is 1. The summed E-state index contributed by atoms with van der Waals surface area (Å²) in [4.78, 5) is 1.45. The fraction of sp³-hybridized carbons (Fsp3) is 0.400. The van der Waals surface area contributed by atoms with Crippen LogP contribution in [0.4, 0.5) is 5.69 Å². The minimum Gasteiger partial charge on any atom is -1.00 e. The summed E-state index contributed by atoms with van der Waals surface area (Å²) < 4.78 is 1.03. The molecule has 0 spiro atoms. The molecule has 2 rings (SSSR count). The van der Waals surface area contributed by atoms with E-state index in [1.54, 1.807) is 0 Å². The van der Waals surface area contributed by atoms with Gasteiger partial charge >= 0.3 is 0 Å². The van der Waals surface area contributed by atoms with E-state index in [0.29, 0.717) is 0 Å². The molecule has 0 bridgehead atoms. The summed E-state index contributed by atoms with van der Waals surface area (Å²) in [6, 6.07) is 8.71. The van der Waals surface area contributed by atoms with E-state index in [9.17, 15) is 0 Å². The highest BCUT2D eigenvalue weighted by Crippen LogP contribution is 2.36. The van der Waals surface area contributed by atoms with Gasteiger partial charge in [0, 0.05) is 11.8 Å². The first-order chi connectivity index (χ1) is 5.70. The van der Waals surface area contributed by atoms with Gasteiger partial charge in [-0.2, -0.15) is 0 Å². The van der Waals surface area contributed by atoms with E-state index in [1.165, 1.54) is 22.9 Å². The van der Waals surface area contributed by atoms with Gasteiger partial charge in [0.05, 0.1) is 25.5 Å². The van der Waals surface area contributed by atoms with Crippen molar-refractivity contribution in [3.05, 3.63) is 24.3 Å². The van der Waals surface area contributed by atoms with E-state index in [2.05, 4.69) is 38.4 Å². The average molecular weight is 307 g/mol. The van der Waals surface area contributed by atoms with E-state index in [-0.39, 0.29) is 24.0 Å². The van der Waals surface area contributed by atoms with Gasteiger partial charge in [0.15, 0.2) is 0 Å². The summed E-state index contributed by atoms with van der Waals surface area (Å²) in [7, 11) is 4.55. The number of halogens is 1. The largest absolute Gasteiger partial charge is 1.00 e. The third-order valence-electron chi connectivity index (χ3n) is 2.43. The highest BCUT2D eigenvalue weighted by molar-refractivity contribution is 7.99. The minimum absolute atomic E-state index is 0. The lowest BCUT2D eigenvalue weighted by Crippen LogP contribution is -3.00. The molecule has 3 heteroatoms. The zero-order valence-electron chi connectivity index (χ0n) is 7.96. The molecule has 0 unspecified atom stereocenters. The van der Waals surface area contributed by atoms with Crippen molar-refractivity contribution in [2.75, 3.05) is 26.4 Å². The quantitative estimate of drug-likeness (QED) is 0.454. The van der Waals surface area contributed by atoms with Gasteiger partial charge in [-0.1, -0.05) is 12.1 Å². The number of quaternary nitrogens is 1. The van der Waals surface area contributed by atoms with Crippen LogP contribution >= 0.6 is 11.8 Å². The fourth-order valence-corrected chi connectivity index (χ4v) is 2.99. The molecule has 13 heavy (non-hydrogen) atoms. The van der Waals surface area contributed by atoms with Crippen LogP contribution in [0.1, 0.15) is 0 Å². The van der Waals surface area contributed by atoms with Crippen molar-refractivity contribution in [3.63, 3.8) is 0 Å². The van der Waals surface area contributed by atoms with Crippen LogP contribution in [0.15, 0.2) is 29.2 Å². The van der Waals surface area contributed by atoms with Crippen molar-refractivity contribution in [3.8, 4) is 0 Å². The average Bonchev–Trinajstić information content (AvgIpc) is 2.04. The summed E-state index contributed by atoms with van der Waals surface area (Å²) in [6.07, 6.45) is 0. The minimum atomic E-state index is 0. The lowest BCUT2D eigenvalue weighted by atomic mass is 10.2. The summed E-state index contributed by atoms with van der Waals surface area (Å²) in [6.45, 7) is 1.24. The van der Waals surface area contributed by atoms with Crippen LogP contribution in [0, 0.1) is 0 Å². The van der Waals surface area contributed by atoms with Crippen molar-refractivity contribution in [1.29, 1.82) is 0 Å². The Balaban J connectivity index is 0.000000845. The summed E-state index contributed by atoms with van der Waals surface area (Å²) in [5, 5.41) is 0. The maximum atomic E-state index is 2.28. The van der Waals surface area contributed by atoms with E-state index >= 15 is 0 Å². The number of benzene rings is 1. The number of rotatable bonds is 0. The van der Waals surface area contributed by atoms with Crippen molar-refractivity contribution in [2.45, 2.75) is 4.90 Å². The van der Waals surface area contributed by atoms with Crippen molar-refractivity contribution in [2.24, 2.45) is 0 Å². The molecule has 0 atom stereocenters. The van der Waals surface area contributed by atoms with Gasteiger partial charge in [0.2, 0.25) is 0 Å². The lowest BCUT2D eigenvalue weighted by molar-refractivity contribution is -0.00000254. The maximum Gasteiger partial charge on any atom is 0.146 e. The Morgan fingerprint density at radius 1 is 1.23 bits per heavy atom. The lowest BCUT2D eigenvalue weighted by Gasteiger charge is -2.34. The van der Waals surface area contributed by atoms with E-state index in [1.807, 2.05) is 11.8 Å². The molecular formula is C10H14INS. The Morgan fingerprint density at radius 3 is 2.62 bits per heavy atom. The first-order valence-electron chi connectivity index (χ1n) is 4.25. The zero-order chi connectivity index (χ0) is 8.60. The Kier molecular flexibility index (Phi) is 3.65. The SMILES string of the molecule is C[N+]1(C)CCSc2ccccc21.[I-]. The number of para-hydroxylation sites is 1. The van der Waals surface area contributed by atoms with Crippen LogP contribution < -0.4 is 28.5 Å². The third-order valence-corrected chi connectivity index (χ3v) is 3.47. The second-order valence-corrected chi connectivity index (χ2v) is 4.86. The predicted molar refractivity (Wildman–Crippen MR) is 55.7 cm³/mol. The molecule has 0 saturated carbocycles. The molecule has 0 aliphatic carbocycles. The first-order valence-corrected chi connectivity index (χ1v) is 5.24. The number of hydrogen-bond acceptors (Lipinski definition) is 1. The smallest absolute Gasteiger partial charge is 0.146 e. The molecule has 1 heterocycles. The maximum absolute atomic E-state index is 2.28. The van der Waals surface area contributed by atoms with Crippen LogP contribution in [0.5, 0.6) is 0 Å². The van der Waals surface area contributed by atoms with E-state index < -0.39 is 0 Å². The number of hydrogen-bond donors (Lipinski definition) is 0. The van der Waals surface area contributed by atoms with Crippen LogP contribution in [-0.4, -0.2) is 26.4 Å². The van der Waals surface area contributed by atoms with Gasteiger partial charge in [-0.05, 0) is 6.07 Å². The van der Waals surface area contributed by atoms with E-state index in [4.69, 9.17) is 0 Å². The highest BCUT2D eigenvalue weighted by Gasteiger charge is 2.26. The van der Waals surface area contributed by atoms with Gasteiger partial charge in [0.25, 0.3) is 0 Å². The van der Waals surface area contributed by atoms with E-state index in [0.717, 1.165) is 4.48 Å². The normalized spacial score (nSPS) is 18.6. The number of thioether (sulfide) groups is 1. The van der Waals surface area contributed by atoms with Gasteiger partial charge in [-0.25, -0.2) is 0 Å². The highest BCUT2D eigenvalue weighted by atomic mass is 127. The molecule has 0 radical (unpaired) electrons. The molecular weight excluding hydrogens is 293 g/mol. The van der Waals surface area contributed by atoms with Crippen LogP contribution in [0.25, 0.3) is 0 Å². The standard InChI is InChI=1S/C10H14NS.HI/c1-11(2)7-8-12-10-6-4-3-5-9(10)11;/h3-6H,7-8H2,1-2H3;1H/q+1;/p-1. The molecule has 1 nitrogen and oxygen atoms in total. The molecule has 0 aromatic heterocycles.